The second-order valence-corrected chi connectivity index (χ2v) is 24.8. The topological polar surface area (TPSA) is 0 Å². The molecule has 1 saturated heterocycles. The van der Waals surface area contributed by atoms with Gasteiger partial charge in [0.05, 0.1) is 0 Å². The summed E-state index contributed by atoms with van der Waals surface area (Å²) in [6.45, 7) is 2.31. The van der Waals surface area contributed by atoms with Gasteiger partial charge in [0.25, 0.3) is 0 Å². The summed E-state index contributed by atoms with van der Waals surface area (Å²) in [5.74, 6) is 0. The fraction of sp³-hybridized carbons (Fsp3) is 0.385. The van der Waals surface area contributed by atoms with E-state index in [1.807, 2.05) is 3.33 Å². The molecule has 29 heavy (non-hydrogen) atoms. The van der Waals surface area contributed by atoms with E-state index in [9.17, 15) is 0 Å². The molecule has 0 atom stereocenters. The van der Waals surface area contributed by atoms with E-state index in [1.54, 1.807) is 25.1 Å². The molecular weight excluding hydrogens is 562 g/mol. The van der Waals surface area contributed by atoms with Crippen molar-refractivity contribution in [3.8, 4) is 11.1 Å². The smallest absolute Gasteiger partial charge is 1.00 e. The van der Waals surface area contributed by atoms with Crippen LogP contribution >= 0.6 is 0 Å². The summed E-state index contributed by atoms with van der Waals surface area (Å²) in [6.07, 6.45) is 13.1. The molecule has 3 heteroatoms. The predicted molar refractivity (Wildman–Crippen MR) is 113 cm³/mol. The number of benzene rings is 2. The van der Waals surface area contributed by atoms with Gasteiger partial charge in [0.1, 0.15) is 0 Å². The third-order valence-electron chi connectivity index (χ3n) is 7.10. The molecule has 0 unspecified atom stereocenters. The Balaban J connectivity index is 0.00000120. The number of allylic oxidation sites excluding steroid dienone is 4. The number of rotatable bonds is 7. The molecule has 1 heterocycles. The summed E-state index contributed by atoms with van der Waals surface area (Å²) in [6, 6.07) is 18.6. The summed E-state index contributed by atoms with van der Waals surface area (Å²) in [7, 11) is 0. The van der Waals surface area contributed by atoms with Crippen LogP contribution in [-0.4, -0.2) is 0 Å². The molecule has 3 aliphatic rings. The standard InChI is InChI=1S/C13H9.C11H17.C2H4.2ClH.Hf/c1-3-7-12-10(5-1)9-11-6-2-4-8-13(11)12;1-2-3-4-5-8-11-9-6-7-10-11;1-2;;;/h1-9H;6,9H,2-5,7-8H2,1H3;1-2H2;2*1H;/q;;;;;+2/p-2. The molecule has 0 radical (unpaired) electrons. The summed E-state index contributed by atoms with van der Waals surface area (Å²) in [5, 5.41) is 0. The molecule has 0 saturated carbocycles. The molecule has 152 valence electrons. The summed E-state index contributed by atoms with van der Waals surface area (Å²) >= 11 is -2.48. The SMILES string of the molecule is CCCCCCC1=[C]([Hf+2]2([CH]3c4ccccc4-c4ccccc43)[CH2][CH2]2)CC=C1.[Cl-].[Cl-]. The Hall–Kier alpha value is -0.630. The molecular formula is C26H30Cl2Hf. The van der Waals surface area contributed by atoms with E-state index in [0.29, 0.717) is 0 Å². The van der Waals surface area contributed by atoms with Crippen LogP contribution in [0.1, 0.15) is 60.3 Å². The molecule has 2 aromatic rings. The van der Waals surface area contributed by atoms with Crippen LogP contribution in [0.15, 0.2) is 69.6 Å². The second kappa shape index (κ2) is 9.67. The number of fused-ring (bicyclic) bond motifs is 3. The maximum absolute atomic E-state index is 2.51. The normalized spacial score (nSPS) is 17.0. The number of unbranched alkanes of at least 4 members (excludes halogenated alkanes) is 3. The predicted octanol–water partition coefficient (Wildman–Crippen LogP) is 1.95. The van der Waals surface area contributed by atoms with Crippen LogP contribution in [0.5, 0.6) is 0 Å². The molecule has 0 N–H and O–H groups in total. The Morgan fingerprint density at radius 3 is 2.03 bits per heavy atom. The molecule has 1 aliphatic heterocycles. The van der Waals surface area contributed by atoms with Gasteiger partial charge in [-0.25, -0.2) is 0 Å². The van der Waals surface area contributed by atoms with E-state index >= 15 is 0 Å². The molecule has 0 spiro atoms. The zero-order valence-electron chi connectivity index (χ0n) is 17.3. The average Bonchev–Trinajstić information content (AvgIpc) is 3.22. The minimum absolute atomic E-state index is 0. The first kappa shape index (κ1) is 23.0. The first-order valence-electron chi connectivity index (χ1n) is 10.9. The van der Waals surface area contributed by atoms with Crippen molar-refractivity contribution in [2.45, 2.75) is 57.5 Å². The van der Waals surface area contributed by atoms with Crippen molar-refractivity contribution in [3.63, 3.8) is 0 Å². The fourth-order valence-corrected chi connectivity index (χ4v) is 31.1. The van der Waals surface area contributed by atoms with Gasteiger partial charge < -0.3 is 24.8 Å². The van der Waals surface area contributed by atoms with Gasteiger partial charge in [-0.3, -0.25) is 0 Å². The summed E-state index contributed by atoms with van der Waals surface area (Å²) in [4.78, 5) is 0. The Morgan fingerprint density at radius 1 is 0.828 bits per heavy atom. The van der Waals surface area contributed by atoms with Crippen LogP contribution in [-0.2, 0) is 20.0 Å². The van der Waals surface area contributed by atoms with Crippen LogP contribution in [0.2, 0.25) is 8.35 Å². The van der Waals surface area contributed by atoms with Crippen molar-refractivity contribution in [2.75, 3.05) is 0 Å². The van der Waals surface area contributed by atoms with Crippen molar-refractivity contribution in [2.24, 2.45) is 0 Å². The van der Waals surface area contributed by atoms with Gasteiger partial charge in [-0.05, 0) is 0 Å². The minimum atomic E-state index is -2.48. The molecule has 2 aromatic carbocycles. The molecule has 5 rings (SSSR count). The molecule has 2 aliphatic carbocycles. The molecule has 1 fully saturated rings. The van der Waals surface area contributed by atoms with Gasteiger partial charge in [0.15, 0.2) is 0 Å². The van der Waals surface area contributed by atoms with E-state index in [1.165, 1.54) is 49.7 Å². The minimum Gasteiger partial charge on any atom is -1.00 e. The van der Waals surface area contributed by atoms with E-state index in [0.717, 1.165) is 3.67 Å². The van der Waals surface area contributed by atoms with E-state index in [-0.39, 0.29) is 24.8 Å². The quantitative estimate of drug-likeness (QED) is 0.341. The fourth-order valence-electron chi connectivity index (χ4n) is 5.70. The van der Waals surface area contributed by atoms with Gasteiger partial charge in [-0.1, -0.05) is 0 Å². The van der Waals surface area contributed by atoms with Crippen molar-refractivity contribution in [1.29, 1.82) is 0 Å². The number of hydrogen-bond acceptors (Lipinski definition) is 0. The Kier molecular flexibility index (Phi) is 7.68. The Morgan fingerprint density at radius 2 is 1.45 bits per heavy atom. The third kappa shape index (κ3) is 4.00. The van der Waals surface area contributed by atoms with Crippen molar-refractivity contribution >= 4 is 0 Å². The average molecular weight is 592 g/mol. The first-order valence-corrected chi connectivity index (χ1v) is 19.9. The molecule has 0 nitrogen and oxygen atoms in total. The van der Waals surface area contributed by atoms with Crippen molar-refractivity contribution < 1.29 is 44.8 Å². The van der Waals surface area contributed by atoms with Gasteiger partial charge in [-0.15, -0.1) is 0 Å². The molecule has 0 bridgehead atoms. The van der Waals surface area contributed by atoms with E-state index in [4.69, 9.17) is 0 Å². The second-order valence-electron chi connectivity index (χ2n) is 8.68. The van der Waals surface area contributed by atoms with Gasteiger partial charge in [-0.2, -0.15) is 0 Å². The van der Waals surface area contributed by atoms with Crippen LogP contribution in [0.25, 0.3) is 11.1 Å². The van der Waals surface area contributed by atoms with Crippen molar-refractivity contribution in [3.05, 3.63) is 80.7 Å². The van der Waals surface area contributed by atoms with Crippen molar-refractivity contribution in [1.82, 2.24) is 0 Å². The zero-order chi connectivity index (χ0) is 18.3. The van der Waals surface area contributed by atoms with Crippen LogP contribution in [0.4, 0.5) is 0 Å². The zero-order valence-corrected chi connectivity index (χ0v) is 22.4. The van der Waals surface area contributed by atoms with Gasteiger partial charge in [0, 0.05) is 0 Å². The molecule has 0 aromatic heterocycles. The number of hydrogen-bond donors (Lipinski definition) is 0. The summed E-state index contributed by atoms with van der Waals surface area (Å²) < 4.78 is 5.94. The Labute approximate surface area is 193 Å². The maximum Gasteiger partial charge on any atom is -1.00 e. The number of halogens is 2. The van der Waals surface area contributed by atoms with Gasteiger partial charge >= 0.3 is 169 Å². The van der Waals surface area contributed by atoms with Gasteiger partial charge in [0.2, 0.25) is 0 Å². The van der Waals surface area contributed by atoms with E-state index < -0.39 is 20.0 Å². The summed E-state index contributed by atoms with van der Waals surface area (Å²) in [5.41, 5.74) is 8.16. The maximum atomic E-state index is 2.51. The largest absolute Gasteiger partial charge is 1.00 e. The monoisotopic (exact) mass is 592 g/mol. The molecule has 0 amide bonds. The van der Waals surface area contributed by atoms with Crippen LogP contribution in [0.3, 0.4) is 0 Å². The van der Waals surface area contributed by atoms with E-state index in [2.05, 4.69) is 67.6 Å². The third-order valence-corrected chi connectivity index (χ3v) is 25.2. The Bertz CT molecular complexity index is 878. The van der Waals surface area contributed by atoms with Crippen LogP contribution < -0.4 is 24.8 Å². The van der Waals surface area contributed by atoms with Crippen LogP contribution in [0, 0.1) is 0 Å². The first-order chi connectivity index (χ1) is 13.3.